The maximum Gasteiger partial charge on any atom is 0.251 e. The predicted octanol–water partition coefficient (Wildman–Crippen LogP) is 5.85. The summed E-state index contributed by atoms with van der Waals surface area (Å²) >= 11 is 1.80. The van der Waals surface area contributed by atoms with E-state index in [-0.39, 0.29) is 5.91 Å². The van der Waals surface area contributed by atoms with E-state index in [4.69, 9.17) is 0 Å². The molecule has 0 aromatic heterocycles. The number of hydrogen-bond donors (Lipinski definition) is 1. The molecule has 33 heavy (non-hydrogen) atoms. The van der Waals surface area contributed by atoms with Gasteiger partial charge in [-0.05, 0) is 42.8 Å². The molecule has 1 saturated heterocycles. The van der Waals surface area contributed by atoms with Crippen LogP contribution in [0.5, 0.6) is 0 Å². The van der Waals surface area contributed by atoms with E-state index >= 15 is 0 Å². The molecule has 170 valence electrons. The minimum atomic E-state index is -0.0309. The van der Waals surface area contributed by atoms with Crippen LogP contribution in [0.2, 0.25) is 0 Å². The van der Waals surface area contributed by atoms with Crippen LogP contribution < -0.4 is 10.2 Å². The summed E-state index contributed by atoms with van der Waals surface area (Å²) < 4.78 is 1.12. The first-order valence-electron chi connectivity index (χ1n) is 11.9. The van der Waals surface area contributed by atoms with Gasteiger partial charge in [0.15, 0.2) is 0 Å². The molecule has 3 aromatic carbocycles. The van der Waals surface area contributed by atoms with Gasteiger partial charge in [-0.25, -0.2) is 0 Å². The number of carbonyl (C=O) groups excluding carboxylic acids is 1. The van der Waals surface area contributed by atoms with E-state index in [1.807, 2.05) is 36.4 Å². The lowest BCUT2D eigenvalue weighted by Gasteiger charge is -2.41. The Morgan fingerprint density at radius 3 is 2.45 bits per heavy atom. The molecule has 0 saturated carbocycles. The number of anilines is 2. The third kappa shape index (κ3) is 4.66. The highest BCUT2D eigenvalue weighted by atomic mass is 32.2. The number of likely N-dealkylation sites (tertiary alicyclic amines) is 1. The third-order valence-corrected chi connectivity index (χ3v) is 8.04. The lowest BCUT2D eigenvalue weighted by atomic mass is 10.1. The number of amides is 1. The summed E-state index contributed by atoms with van der Waals surface area (Å²) in [5, 5.41) is 3.08. The number of nitrogens with zero attached hydrogens (tertiary/aromatic N) is 2. The number of benzene rings is 3. The van der Waals surface area contributed by atoms with E-state index in [2.05, 4.69) is 60.6 Å². The number of carbonyl (C=O) groups is 1. The van der Waals surface area contributed by atoms with Crippen LogP contribution in [0, 0.1) is 0 Å². The quantitative estimate of drug-likeness (QED) is 0.471. The van der Waals surface area contributed by atoms with Crippen LogP contribution >= 0.6 is 11.8 Å². The molecule has 3 aromatic rings. The number of nitrogens with one attached hydrogen (secondary N) is 1. The fourth-order valence-corrected chi connectivity index (χ4v) is 6.33. The summed E-state index contributed by atoms with van der Waals surface area (Å²) in [7, 11) is 2.39. The van der Waals surface area contributed by atoms with Crippen LogP contribution in [0.3, 0.4) is 0 Å². The van der Waals surface area contributed by atoms with Crippen molar-refractivity contribution < 1.29 is 9.28 Å². The van der Waals surface area contributed by atoms with Crippen molar-refractivity contribution in [2.75, 3.05) is 31.6 Å². The smallest absolute Gasteiger partial charge is 0.251 e. The molecule has 5 heteroatoms. The molecular formula is C28H32N3OS+. The van der Waals surface area contributed by atoms with E-state index in [1.165, 1.54) is 41.4 Å². The fraction of sp³-hybridized carbons (Fsp3) is 0.321. The largest absolute Gasteiger partial charge is 0.348 e. The van der Waals surface area contributed by atoms with Gasteiger partial charge in [0.25, 0.3) is 5.91 Å². The van der Waals surface area contributed by atoms with Crippen LogP contribution in [0.25, 0.3) is 0 Å². The van der Waals surface area contributed by atoms with Crippen molar-refractivity contribution in [3.05, 3.63) is 83.9 Å². The Hall–Kier alpha value is -2.76. The predicted molar refractivity (Wildman–Crippen MR) is 136 cm³/mol. The lowest BCUT2D eigenvalue weighted by Crippen LogP contribution is -2.50. The van der Waals surface area contributed by atoms with Gasteiger partial charge in [-0.2, -0.15) is 0 Å². The van der Waals surface area contributed by atoms with Crippen LogP contribution in [-0.4, -0.2) is 43.1 Å². The molecule has 0 spiro atoms. The zero-order valence-electron chi connectivity index (χ0n) is 19.5. The van der Waals surface area contributed by atoms with Gasteiger partial charge in [0, 0.05) is 34.7 Å². The topological polar surface area (TPSA) is 32.3 Å². The van der Waals surface area contributed by atoms with Crippen molar-refractivity contribution in [3.8, 4) is 0 Å². The van der Waals surface area contributed by atoms with Crippen LogP contribution in [0.4, 0.5) is 11.4 Å². The van der Waals surface area contributed by atoms with Crippen molar-refractivity contribution in [1.82, 2.24) is 5.32 Å². The van der Waals surface area contributed by atoms with Crippen LogP contribution in [0.15, 0.2) is 82.6 Å². The van der Waals surface area contributed by atoms with Gasteiger partial charge in [-0.3, -0.25) is 4.79 Å². The van der Waals surface area contributed by atoms with Crippen molar-refractivity contribution in [3.63, 3.8) is 0 Å². The SMILES string of the molecule is CC(C[N+]1(C)CCCC1)N1c2ccccc2Sc2ccc(C(=O)NCc3ccccc3)cc21. The molecule has 1 unspecified atom stereocenters. The van der Waals surface area contributed by atoms with Crippen LogP contribution in [0.1, 0.15) is 35.7 Å². The second-order valence-electron chi connectivity index (χ2n) is 9.60. The summed E-state index contributed by atoms with van der Waals surface area (Å²) in [5.41, 5.74) is 4.20. The molecule has 1 fully saturated rings. The molecule has 1 N–H and O–H groups in total. The fourth-order valence-electron chi connectivity index (χ4n) is 5.28. The second-order valence-corrected chi connectivity index (χ2v) is 10.7. The van der Waals surface area contributed by atoms with E-state index in [0.29, 0.717) is 18.2 Å². The van der Waals surface area contributed by atoms with Gasteiger partial charge in [-0.1, -0.05) is 54.2 Å². The van der Waals surface area contributed by atoms with E-state index in [0.717, 1.165) is 22.3 Å². The molecule has 2 aliphatic rings. The van der Waals surface area contributed by atoms with Gasteiger partial charge in [-0.15, -0.1) is 0 Å². The Labute approximate surface area is 201 Å². The van der Waals surface area contributed by atoms with Crippen molar-refractivity contribution >= 4 is 29.0 Å². The first-order chi connectivity index (χ1) is 16.0. The lowest BCUT2D eigenvalue weighted by molar-refractivity contribution is -0.898. The minimum absolute atomic E-state index is 0.0309. The molecule has 1 amide bonds. The highest BCUT2D eigenvalue weighted by Gasteiger charge is 2.34. The van der Waals surface area contributed by atoms with Gasteiger partial charge in [0.2, 0.25) is 0 Å². The first-order valence-corrected chi connectivity index (χ1v) is 12.7. The Bertz CT molecular complexity index is 1140. The highest BCUT2D eigenvalue weighted by Crippen LogP contribution is 2.49. The van der Waals surface area contributed by atoms with E-state index in [1.54, 1.807) is 11.8 Å². The average molecular weight is 459 g/mol. The molecule has 2 heterocycles. The first kappa shape index (κ1) is 22.1. The number of rotatable bonds is 6. The van der Waals surface area contributed by atoms with Gasteiger partial charge in [0.1, 0.15) is 0 Å². The Morgan fingerprint density at radius 1 is 0.970 bits per heavy atom. The second kappa shape index (κ2) is 9.24. The molecule has 0 bridgehead atoms. The minimum Gasteiger partial charge on any atom is -0.348 e. The Morgan fingerprint density at radius 2 is 1.67 bits per heavy atom. The van der Waals surface area contributed by atoms with E-state index < -0.39 is 0 Å². The summed E-state index contributed by atoms with van der Waals surface area (Å²) in [5.74, 6) is -0.0309. The van der Waals surface area contributed by atoms with E-state index in [9.17, 15) is 4.79 Å². The van der Waals surface area contributed by atoms with Crippen molar-refractivity contribution in [2.45, 2.75) is 42.1 Å². The Kier molecular flexibility index (Phi) is 6.17. The number of hydrogen-bond acceptors (Lipinski definition) is 3. The molecule has 4 nitrogen and oxygen atoms in total. The maximum absolute atomic E-state index is 13.0. The monoisotopic (exact) mass is 458 g/mol. The van der Waals surface area contributed by atoms with Crippen LogP contribution in [-0.2, 0) is 6.54 Å². The molecule has 2 aliphatic heterocycles. The number of likely N-dealkylation sites (N-methyl/N-ethyl adjacent to an activating group) is 1. The molecular weight excluding hydrogens is 426 g/mol. The summed E-state index contributed by atoms with van der Waals surface area (Å²) in [6.07, 6.45) is 2.63. The standard InChI is InChI=1S/C28H31N3OS/c1-21(20-31(2)16-8-9-17-31)30-24-12-6-7-13-26(24)33-27-15-14-23(18-25(27)30)28(32)29-19-22-10-4-3-5-11-22/h3-7,10-15,18,21H,8-9,16-17,19-20H2,1-2H3/p+1. The van der Waals surface area contributed by atoms with Gasteiger partial charge >= 0.3 is 0 Å². The van der Waals surface area contributed by atoms with Gasteiger partial charge < -0.3 is 14.7 Å². The zero-order chi connectivity index (χ0) is 22.8. The summed E-state index contributed by atoms with van der Waals surface area (Å²) in [6, 6.07) is 25.2. The number of fused-ring (bicyclic) bond motifs is 2. The number of quaternary nitrogens is 1. The zero-order valence-corrected chi connectivity index (χ0v) is 20.3. The molecule has 1 atom stereocenters. The van der Waals surface area contributed by atoms with Crippen molar-refractivity contribution in [2.24, 2.45) is 0 Å². The third-order valence-electron chi connectivity index (χ3n) is 6.91. The average Bonchev–Trinajstić information content (AvgIpc) is 3.26. The molecule has 0 aliphatic carbocycles. The highest BCUT2D eigenvalue weighted by molar-refractivity contribution is 7.99. The molecule has 5 rings (SSSR count). The summed E-state index contributed by atoms with van der Waals surface area (Å²) in [4.78, 5) is 18.0. The van der Waals surface area contributed by atoms with Gasteiger partial charge in [0.05, 0.1) is 44.1 Å². The molecule has 0 radical (unpaired) electrons. The maximum atomic E-state index is 13.0. The normalized spacial score (nSPS) is 17.2. The van der Waals surface area contributed by atoms with Crippen molar-refractivity contribution in [1.29, 1.82) is 0 Å². The Balaban J connectivity index is 1.44. The summed E-state index contributed by atoms with van der Waals surface area (Å²) in [6.45, 7) is 6.47. The number of para-hydroxylation sites is 1.